The fraction of sp³-hybridized carbons (Fsp3) is 0. The Morgan fingerprint density at radius 3 is 2.76 bits per heavy atom. The van der Waals surface area contributed by atoms with E-state index in [4.69, 9.17) is 17.3 Å². The van der Waals surface area contributed by atoms with Crippen LogP contribution in [0.25, 0.3) is 17.1 Å². The molecule has 0 spiro atoms. The van der Waals surface area contributed by atoms with Gasteiger partial charge in [-0.3, -0.25) is 0 Å². The van der Waals surface area contributed by atoms with Crippen molar-refractivity contribution in [3.63, 3.8) is 0 Å². The number of nitrogen functional groups attached to an aromatic ring is 1. The van der Waals surface area contributed by atoms with E-state index in [1.165, 1.54) is 22.9 Å². The highest BCUT2D eigenvalue weighted by Crippen LogP contribution is 2.29. The van der Waals surface area contributed by atoms with Gasteiger partial charge in [-0.1, -0.05) is 11.6 Å². The largest absolute Gasteiger partial charge is 0.398 e. The van der Waals surface area contributed by atoms with Crippen LogP contribution in [-0.4, -0.2) is 20.2 Å². The van der Waals surface area contributed by atoms with Crippen LogP contribution in [0.1, 0.15) is 0 Å². The number of nitrogens with two attached hydrogens (primary N) is 1. The van der Waals surface area contributed by atoms with Crippen molar-refractivity contribution in [1.82, 2.24) is 20.2 Å². The Balaban J connectivity index is 2.17. The molecular formula is C13H8BrClFN5. The van der Waals surface area contributed by atoms with Crippen LogP contribution in [0.15, 0.2) is 40.9 Å². The number of tetrazole rings is 1. The Labute approximate surface area is 132 Å². The van der Waals surface area contributed by atoms with Gasteiger partial charge in [0.1, 0.15) is 5.82 Å². The molecule has 3 rings (SSSR count). The molecule has 0 aliphatic carbocycles. The number of anilines is 1. The SMILES string of the molecule is Nc1ccc(F)cc1-c1nnnn1-c1ccc(Cl)c(Br)c1. The molecule has 0 aliphatic rings. The van der Waals surface area contributed by atoms with Crippen LogP contribution in [-0.2, 0) is 0 Å². The van der Waals surface area contributed by atoms with Crippen molar-refractivity contribution >= 4 is 33.2 Å². The van der Waals surface area contributed by atoms with Crippen LogP contribution in [0.4, 0.5) is 10.1 Å². The minimum atomic E-state index is -0.411. The van der Waals surface area contributed by atoms with Gasteiger partial charge in [-0.2, -0.15) is 4.68 Å². The molecule has 0 unspecified atom stereocenters. The molecule has 0 atom stereocenters. The van der Waals surface area contributed by atoms with Gasteiger partial charge >= 0.3 is 0 Å². The van der Waals surface area contributed by atoms with Crippen molar-refractivity contribution in [3.8, 4) is 17.1 Å². The van der Waals surface area contributed by atoms with Gasteiger partial charge < -0.3 is 5.73 Å². The summed E-state index contributed by atoms with van der Waals surface area (Å²) in [5, 5.41) is 12.0. The standard InChI is InChI=1S/C13H8BrClFN5/c14-10-6-8(2-3-11(10)15)21-13(18-19-20-21)9-5-7(16)1-4-12(9)17/h1-6H,17H2. The molecule has 0 fully saturated rings. The van der Waals surface area contributed by atoms with Gasteiger partial charge in [-0.15, -0.1) is 5.10 Å². The summed E-state index contributed by atoms with van der Waals surface area (Å²) in [6.07, 6.45) is 0. The minimum absolute atomic E-state index is 0.348. The summed E-state index contributed by atoms with van der Waals surface area (Å²) in [4.78, 5) is 0. The predicted molar refractivity (Wildman–Crippen MR) is 81.7 cm³/mol. The molecule has 0 amide bonds. The van der Waals surface area contributed by atoms with E-state index in [0.717, 1.165) is 0 Å². The van der Waals surface area contributed by atoms with Crippen LogP contribution in [0.3, 0.4) is 0 Å². The summed E-state index contributed by atoms with van der Waals surface area (Å²) < 4.78 is 15.6. The number of benzene rings is 2. The fourth-order valence-corrected chi connectivity index (χ4v) is 2.35. The number of rotatable bonds is 2. The molecule has 1 aromatic heterocycles. The van der Waals surface area contributed by atoms with Crippen LogP contribution in [0, 0.1) is 5.82 Å². The van der Waals surface area contributed by atoms with E-state index in [0.29, 0.717) is 32.3 Å². The Morgan fingerprint density at radius 1 is 1.19 bits per heavy atom. The first-order valence-electron chi connectivity index (χ1n) is 5.85. The van der Waals surface area contributed by atoms with Crippen molar-refractivity contribution in [3.05, 3.63) is 51.7 Å². The molecule has 106 valence electrons. The van der Waals surface area contributed by atoms with Crippen molar-refractivity contribution in [2.45, 2.75) is 0 Å². The highest BCUT2D eigenvalue weighted by Gasteiger charge is 2.15. The molecule has 0 saturated heterocycles. The lowest BCUT2D eigenvalue weighted by Gasteiger charge is -2.08. The Kier molecular flexibility index (Phi) is 3.60. The van der Waals surface area contributed by atoms with Crippen LogP contribution in [0.5, 0.6) is 0 Å². The molecular weight excluding hydrogens is 361 g/mol. The van der Waals surface area contributed by atoms with Gasteiger partial charge in [0.2, 0.25) is 0 Å². The minimum Gasteiger partial charge on any atom is -0.398 e. The molecule has 0 bridgehead atoms. The molecule has 1 heterocycles. The van der Waals surface area contributed by atoms with Crippen molar-refractivity contribution in [2.75, 3.05) is 5.73 Å². The second-order valence-electron chi connectivity index (χ2n) is 4.24. The fourth-order valence-electron chi connectivity index (χ4n) is 1.87. The van der Waals surface area contributed by atoms with E-state index in [1.807, 2.05) is 0 Å². The lowest BCUT2D eigenvalue weighted by atomic mass is 10.1. The average molecular weight is 369 g/mol. The molecule has 8 heteroatoms. The number of nitrogens with zero attached hydrogens (tertiary/aromatic N) is 4. The molecule has 2 N–H and O–H groups in total. The van der Waals surface area contributed by atoms with Gasteiger partial charge in [-0.25, -0.2) is 4.39 Å². The molecule has 21 heavy (non-hydrogen) atoms. The Morgan fingerprint density at radius 2 is 2.00 bits per heavy atom. The normalized spacial score (nSPS) is 10.8. The van der Waals surface area contributed by atoms with E-state index in [1.54, 1.807) is 18.2 Å². The molecule has 0 saturated carbocycles. The van der Waals surface area contributed by atoms with Gasteiger partial charge in [0.25, 0.3) is 0 Å². The second kappa shape index (κ2) is 5.42. The average Bonchev–Trinajstić information content (AvgIpc) is 2.93. The summed E-state index contributed by atoms with van der Waals surface area (Å²) in [5.41, 5.74) is 7.36. The zero-order valence-electron chi connectivity index (χ0n) is 10.5. The lowest BCUT2D eigenvalue weighted by Crippen LogP contribution is -2.02. The first kappa shape index (κ1) is 14.0. The molecule has 3 aromatic rings. The zero-order chi connectivity index (χ0) is 15.0. The Bertz CT molecular complexity index is 820. The summed E-state index contributed by atoms with van der Waals surface area (Å²) in [6, 6.07) is 9.28. The van der Waals surface area contributed by atoms with E-state index >= 15 is 0 Å². The highest BCUT2D eigenvalue weighted by molar-refractivity contribution is 9.10. The maximum atomic E-state index is 13.4. The van der Waals surface area contributed by atoms with Crippen LogP contribution in [0.2, 0.25) is 5.02 Å². The Hall–Kier alpha value is -1.99. The van der Waals surface area contributed by atoms with Crippen molar-refractivity contribution < 1.29 is 4.39 Å². The highest BCUT2D eigenvalue weighted by atomic mass is 79.9. The number of aromatic nitrogens is 4. The molecule has 2 aromatic carbocycles. The zero-order valence-corrected chi connectivity index (χ0v) is 12.8. The number of halogens is 3. The first-order valence-corrected chi connectivity index (χ1v) is 7.02. The summed E-state index contributed by atoms with van der Waals surface area (Å²) >= 11 is 9.31. The second-order valence-corrected chi connectivity index (χ2v) is 5.51. The van der Waals surface area contributed by atoms with Gasteiger partial charge in [0.15, 0.2) is 5.82 Å². The van der Waals surface area contributed by atoms with Gasteiger partial charge in [0.05, 0.1) is 10.7 Å². The van der Waals surface area contributed by atoms with Crippen LogP contribution >= 0.6 is 27.5 Å². The maximum Gasteiger partial charge on any atom is 0.189 e. The third-order valence-electron chi connectivity index (χ3n) is 2.87. The topological polar surface area (TPSA) is 69.6 Å². The quantitative estimate of drug-likeness (QED) is 0.703. The third-order valence-corrected chi connectivity index (χ3v) is 4.09. The van der Waals surface area contributed by atoms with Gasteiger partial charge in [-0.05, 0) is 62.8 Å². The third kappa shape index (κ3) is 2.62. The van der Waals surface area contributed by atoms with Crippen LogP contribution < -0.4 is 5.73 Å². The number of hydrogen-bond acceptors (Lipinski definition) is 4. The van der Waals surface area contributed by atoms with Crippen molar-refractivity contribution in [2.24, 2.45) is 0 Å². The van der Waals surface area contributed by atoms with E-state index < -0.39 is 5.82 Å². The monoisotopic (exact) mass is 367 g/mol. The molecule has 5 nitrogen and oxygen atoms in total. The summed E-state index contributed by atoms with van der Waals surface area (Å²) in [5.74, 6) is -0.0627. The van der Waals surface area contributed by atoms with E-state index in [2.05, 4.69) is 31.5 Å². The predicted octanol–water partition coefficient (Wildman–Crippen LogP) is 3.47. The summed E-state index contributed by atoms with van der Waals surface area (Å²) in [6.45, 7) is 0. The van der Waals surface area contributed by atoms with Gasteiger partial charge in [0, 0.05) is 15.7 Å². The maximum absolute atomic E-state index is 13.4. The van der Waals surface area contributed by atoms with Crippen molar-refractivity contribution in [1.29, 1.82) is 0 Å². The molecule has 0 radical (unpaired) electrons. The molecule has 0 aliphatic heterocycles. The number of hydrogen-bond donors (Lipinski definition) is 1. The smallest absolute Gasteiger partial charge is 0.189 e. The van der Waals surface area contributed by atoms with E-state index in [-0.39, 0.29) is 0 Å². The summed E-state index contributed by atoms with van der Waals surface area (Å²) in [7, 11) is 0. The lowest BCUT2D eigenvalue weighted by molar-refractivity contribution is 0.628. The first-order chi connectivity index (χ1) is 10.1. The van der Waals surface area contributed by atoms with E-state index in [9.17, 15) is 4.39 Å².